The van der Waals surface area contributed by atoms with E-state index in [-0.39, 0.29) is 0 Å². The van der Waals surface area contributed by atoms with Crippen molar-refractivity contribution >= 4 is 54.4 Å². The number of nitrogens with zero attached hydrogens (tertiary/aromatic N) is 3. The molecule has 11 aromatic rings. The quantitative estimate of drug-likeness (QED) is 0.181. The molecule has 0 bridgehead atoms. The van der Waals surface area contributed by atoms with E-state index in [9.17, 15) is 0 Å². The molecule has 1 aliphatic rings. The van der Waals surface area contributed by atoms with Gasteiger partial charge in [0.25, 0.3) is 0 Å². The van der Waals surface area contributed by atoms with E-state index < -0.39 is 0 Å². The van der Waals surface area contributed by atoms with Gasteiger partial charge in [0.1, 0.15) is 0 Å². The molecule has 3 aromatic heterocycles. The Morgan fingerprint density at radius 3 is 1.81 bits per heavy atom. The van der Waals surface area contributed by atoms with Crippen LogP contribution in [0.5, 0.6) is 0 Å². The molecule has 0 spiro atoms. The summed E-state index contributed by atoms with van der Waals surface area (Å²) in [7, 11) is 0. The maximum absolute atomic E-state index is 5.14. The highest BCUT2D eigenvalue weighted by Gasteiger charge is 2.25. The number of hydrogen-bond acceptors (Lipinski definition) is 1. The van der Waals surface area contributed by atoms with Gasteiger partial charge in [-0.25, -0.2) is 0 Å². The van der Waals surface area contributed by atoms with Crippen molar-refractivity contribution in [2.75, 3.05) is 0 Å². The highest BCUT2D eigenvalue weighted by atomic mass is 15.0. The molecule has 0 atom stereocenters. The lowest BCUT2D eigenvalue weighted by atomic mass is 9.98. The Morgan fingerprint density at radius 2 is 0.963 bits per heavy atom. The van der Waals surface area contributed by atoms with Crippen LogP contribution in [0.2, 0.25) is 0 Å². The van der Waals surface area contributed by atoms with Crippen LogP contribution in [0.1, 0.15) is 0 Å². The van der Waals surface area contributed by atoms with Crippen LogP contribution in [0.4, 0.5) is 0 Å². The molecule has 12 rings (SSSR count). The van der Waals surface area contributed by atoms with E-state index in [1.54, 1.807) is 0 Å². The van der Waals surface area contributed by atoms with Crippen LogP contribution in [0.25, 0.3) is 110 Å². The van der Waals surface area contributed by atoms with Crippen LogP contribution in [0.15, 0.2) is 188 Å². The molecule has 0 aliphatic heterocycles. The van der Waals surface area contributed by atoms with Gasteiger partial charge >= 0.3 is 0 Å². The number of para-hydroxylation sites is 3. The topological polar surface area (TPSA) is 22.8 Å². The minimum Gasteiger partial charge on any atom is -0.309 e. The first-order valence-corrected chi connectivity index (χ1v) is 18.5. The molecule has 0 radical (unpaired) electrons. The summed E-state index contributed by atoms with van der Waals surface area (Å²) < 4.78 is 4.80. The van der Waals surface area contributed by atoms with Crippen molar-refractivity contribution in [3.05, 3.63) is 188 Å². The first-order valence-electron chi connectivity index (χ1n) is 18.5. The molecule has 3 nitrogen and oxygen atoms in total. The lowest BCUT2D eigenvalue weighted by Crippen LogP contribution is -1.96. The normalized spacial score (nSPS) is 12.1. The van der Waals surface area contributed by atoms with Crippen molar-refractivity contribution in [2.45, 2.75) is 0 Å². The molecule has 3 heterocycles. The zero-order chi connectivity index (χ0) is 35.3. The van der Waals surface area contributed by atoms with Crippen LogP contribution in [-0.2, 0) is 0 Å². The van der Waals surface area contributed by atoms with Crippen LogP contribution in [0, 0.1) is 0 Å². The van der Waals surface area contributed by atoms with E-state index in [1.807, 2.05) is 6.20 Å². The second-order valence-corrected chi connectivity index (χ2v) is 14.4. The van der Waals surface area contributed by atoms with Gasteiger partial charge in [0, 0.05) is 61.0 Å². The molecule has 0 N–H and O–H groups in total. The second-order valence-electron chi connectivity index (χ2n) is 14.4. The van der Waals surface area contributed by atoms with Crippen molar-refractivity contribution in [1.29, 1.82) is 0 Å². The number of aromatic nitrogens is 3. The van der Waals surface area contributed by atoms with E-state index in [2.05, 4.69) is 191 Å². The molecule has 0 unspecified atom stereocenters. The maximum atomic E-state index is 5.14. The van der Waals surface area contributed by atoms with Crippen molar-refractivity contribution < 1.29 is 0 Å². The van der Waals surface area contributed by atoms with Crippen LogP contribution >= 0.6 is 0 Å². The molecule has 54 heavy (non-hydrogen) atoms. The molecule has 250 valence electrons. The highest BCUT2D eigenvalue weighted by Crippen LogP contribution is 2.50. The molecule has 0 saturated heterocycles. The third-order valence-corrected chi connectivity index (χ3v) is 11.5. The SMILES string of the molecule is c1ccc(-n2c3ccccc3c3cc(-c4ccc5c6ccccc6n(-c6cccc(-c7ncc8cccc9c8c7-c7ccccc7-9)c6)c5c4)ccc32)cc1. The summed E-state index contributed by atoms with van der Waals surface area (Å²) in [4.78, 5) is 5.14. The average molecular weight is 686 g/mol. The van der Waals surface area contributed by atoms with Gasteiger partial charge < -0.3 is 9.13 Å². The average Bonchev–Trinajstić information content (AvgIpc) is 3.88. The fraction of sp³-hybridized carbons (Fsp3) is 0. The van der Waals surface area contributed by atoms with Crippen molar-refractivity contribution in [3.63, 3.8) is 0 Å². The third-order valence-electron chi connectivity index (χ3n) is 11.5. The first kappa shape index (κ1) is 29.4. The molecule has 3 heteroatoms. The number of rotatable bonds is 4. The Kier molecular flexibility index (Phi) is 6.05. The Labute approximate surface area is 311 Å². The molecular formula is C51H31N3. The van der Waals surface area contributed by atoms with Gasteiger partial charge in [-0.1, -0.05) is 127 Å². The van der Waals surface area contributed by atoms with Gasteiger partial charge in [0.15, 0.2) is 0 Å². The maximum Gasteiger partial charge on any atom is 0.0787 e. The lowest BCUT2D eigenvalue weighted by molar-refractivity contribution is 1.18. The predicted octanol–water partition coefficient (Wildman–Crippen LogP) is 13.4. The van der Waals surface area contributed by atoms with Gasteiger partial charge in [-0.2, -0.15) is 0 Å². The van der Waals surface area contributed by atoms with E-state index in [1.165, 1.54) is 93.5 Å². The second kappa shape index (κ2) is 11.1. The summed E-state index contributed by atoms with van der Waals surface area (Å²) in [6.45, 7) is 0. The summed E-state index contributed by atoms with van der Waals surface area (Å²) in [5, 5.41) is 7.46. The predicted molar refractivity (Wildman–Crippen MR) is 226 cm³/mol. The first-order chi connectivity index (χ1) is 26.8. The van der Waals surface area contributed by atoms with Gasteiger partial charge in [-0.15, -0.1) is 0 Å². The number of benzene rings is 8. The zero-order valence-electron chi connectivity index (χ0n) is 29.2. The molecular weight excluding hydrogens is 655 g/mol. The summed E-state index contributed by atoms with van der Waals surface area (Å²) in [6.07, 6.45) is 2.04. The van der Waals surface area contributed by atoms with Gasteiger partial charge in [0.2, 0.25) is 0 Å². The Bertz CT molecular complexity index is 3330. The summed E-state index contributed by atoms with van der Waals surface area (Å²) in [6, 6.07) is 66.3. The van der Waals surface area contributed by atoms with E-state index in [0.29, 0.717) is 0 Å². The molecule has 0 amide bonds. The van der Waals surface area contributed by atoms with E-state index in [4.69, 9.17) is 4.98 Å². The Morgan fingerprint density at radius 1 is 0.352 bits per heavy atom. The monoisotopic (exact) mass is 685 g/mol. The highest BCUT2D eigenvalue weighted by molar-refractivity contribution is 6.18. The summed E-state index contributed by atoms with van der Waals surface area (Å²) in [5.74, 6) is 0. The minimum absolute atomic E-state index is 1.02. The molecule has 0 saturated carbocycles. The fourth-order valence-corrected chi connectivity index (χ4v) is 9.14. The number of fused-ring (bicyclic) bond motifs is 9. The summed E-state index contributed by atoms with van der Waals surface area (Å²) in [5.41, 5.74) is 16.6. The third kappa shape index (κ3) is 4.09. The number of pyridine rings is 1. The molecule has 0 fully saturated rings. The Hall–Kier alpha value is -7.23. The van der Waals surface area contributed by atoms with E-state index >= 15 is 0 Å². The van der Waals surface area contributed by atoms with Gasteiger partial charge in [-0.3, -0.25) is 4.98 Å². The standard InChI is InChI=1S/C51H31N3/c1-2-14-36(15-3-1)53-46-23-9-7-19-40(46)44-29-32(25-27-47(44)53)33-24-26-41-39-18-6-8-22-45(39)54(48(41)30-33)37-16-10-12-34(28-37)51-50-43-20-5-4-17-38(43)42-21-11-13-35(31-52-51)49(42)50/h1-31H. The number of hydrogen-bond donors (Lipinski definition) is 0. The van der Waals surface area contributed by atoms with Crippen molar-refractivity contribution in [1.82, 2.24) is 14.1 Å². The fourth-order valence-electron chi connectivity index (χ4n) is 9.14. The Balaban J connectivity index is 1.05. The minimum atomic E-state index is 1.02. The molecule has 8 aromatic carbocycles. The molecule has 1 aliphatic carbocycles. The van der Waals surface area contributed by atoms with Crippen LogP contribution < -0.4 is 0 Å². The smallest absolute Gasteiger partial charge is 0.0787 e. The van der Waals surface area contributed by atoms with Crippen molar-refractivity contribution in [3.8, 4) is 56.0 Å². The summed E-state index contributed by atoms with van der Waals surface area (Å²) >= 11 is 0. The van der Waals surface area contributed by atoms with Crippen LogP contribution in [-0.4, -0.2) is 14.1 Å². The van der Waals surface area contributed by atoms with Crippen LogP contribution in [0.3, 0.4) is 0 Å². The van der Waals surface area contributed by atoms with Gasteiger partial charge in [0.05, 0.1) is 27.8 Å². The zero-order valence-corrected chi connectivity index (χ0v) is 29.2. The van der Waals surface area contributed by atoms with Gasteiger partial charge in [-0.05, 0) is 82.4 Å². The lowest BCUT2D eigenvalue weighted by Gasteiger charge is -2.13. The van der Waals surface area contributed by atoms with Crippen molar-refractivity contribution in [2.24, 2.45) is 0 Å². The van der Waals surface area contributed by atoms with E-state index in [0.717, 1.165) is 16.9 Å². The largest absolute Gasteiger partial charge is 0.309 e.